The van der Waals surface area contributed by atoms with E-state index in [1.54, 1.807) is 18.7 Å². The molecule has 2 heterocycles. The number of pyridine rings is 1. The molecule has 0 amide bonds. The van der Waals surface area contributed by atoms with Crippen LogP contribution in [0, 0.1) is 0 Å². The molecule has 0 N–H and O–H groups in total. The Morgan fingerprint density at radius 2 is 2.32 bits per heavy atom. The molecule has 2 aromatic heterocycles. The van der Waals surface area contributed by atoms with E-state index in [9.17, 15) is 4.79 Å². The minimum Gasteiger partial charge on any atom is -0.469 e. The molecule has 100 valence electrons. The van der Waals surface area contributed by atoms with Crippen LogP contribution in [0.3, 0.4) is 0 Å². The number of esters is 1. The third-order valence-electron chi connectivity index (χ3n) is 2.87. The minimum absolute atomic E-state index is 0.151. The predicted molar refractivity (Wildman–Crippen MR) is 71.3 cm³/mol. The third kappa shape index (κ3) is 3.91. The molecule has 0 aliphatic rings. The van der Waals surface area contributed by atoms with Gasteiger partial charge in [0.15, 0.2) is 0 Å². The van der Waals surface area contributed by atoms with Crippen molar-refractivity contribution in [1.82, 2.24) is 14.5 Å². The summed E-state index contributed by atoms with van der Waals surface area (Å²) in [5, 5.41) is 0. The molecular weight excluding hydrogens is 242 g/mol. The van der Waals surface area contributed by atoms with Crippen LogP contribution in [0.15, 0.2) is 37.1 Å². The van der Waals surface area contributed by atoms with E-state index in [2.05, 4.69) is 14.7 Å². The van der Waals surface area contributed by atoms with Gasteiger partial charge in [0.1, 0.15) is 0 Å². The number of aryl methyl sites for hydroxylation is 1. The summed E-state index contributed by atoms with van der Waals surface area (Å²) >= 11 is 0. The zero-order valence-corrected chi connectivity index (χ0v) is 11.0. The number of hydrogen-bond acceptors (Lipinski definition) is 4. The monoisotopic (exact) mass is 259 g/mol. The smallest absolute Gasteiger partial charge is 0.305 e. The van der Waals surface area contributed by atoms with Gasteiger partial charge in [0.25, 0.3) is 0 Å². The average Bonchev–Trinajstić information content (AvgIpc) is 2.93. The average molecular weight is 259 g/mol. The van der Waals surface area contributed by atoms with E-state index in [-0.39, 0.29) is 5.97 Å². The van der Waals surface area contributed by atoms with Gasteiger partial charge in [0.2, 0.25) is 0 Å². The summed E-state index contributed by atoms with van der Waals surface area (Å²) in [5.41, 5.74) is 1.93. The van der Waals surface area contributed by atoms with Crippen LogP contribution >= 0.6 is 0 Å². The zero-order valence-electron chi connectivity index (χ0n) is 11.0. The van der Waals surface area contributed by atoms with Crippen molar-refractivity contribution in [2.45, 2.75) is 25.8 Å². The molecule has 0 saturated heterocycles. The zero-order chi connectivity index (χ0) is 13.5. The minimum atomic E-state index is -0.151. The summed E-state index contributed by atoms with van der Waals surface area (Å²) in [6.45, 7) is 0.851. The Balaban J connectivity index is 1.83. The molecule has 0 aliphatic carbocycles. The Hall–Kier alpha value is -2.17. The number of ether oxygens (including phenoxy) is 1. The molecule has 0 spiro atoms. The van der Waals surface area contributed by atoms with Crippen LogP contribution < -0.4 is 0 Å². The number of unbranched alkanes of at least 4 members (excludes halogenated alkanes) is 1. The normalized spacial score (nSPS) is 10.4. The van der Waals surface area contributed by atoms with Crippen LogP contribution in [0.5, 0.6) is 0 Å². The first kappa shape index (κ1) is 13.3. The fourth-order valence-corrected chi connectivity index (χ4v) is 1.81. The number of rotatable bonds is 6. The molecule has 19 heavy (non-hydrogen) atoms. The maximum atomic E-state index is 11.0. The van der Waals surface area contributed by atoms with Gasteiger partial charge >= 0.3 is 5.97 Å². The van der Waals surface area contributed by atoms with Crippen molar-refractivity contribution in [2.75, 3.05) is 7.11 Å². The molecular formula is C14H17N3O2. The Morgan fingerprint density at radius 1 is 1.42 bits per heavy atom. The van der Waals surface area contributed by atoms with Gasteiger partial charge in [-0.2, -0.15) is 0 Å². The van der Waals surface area contributed by atoms with E-state index in [1.165, 1.54) is 7.11 Å². The van der Waals surface area contributed by atoms with Crippen LogP contribution in [-0.2, 0) is 16.1 Å². The number of methoxy groups -OCH3 is 1. The van der Waals surface area contributed by atoms with Crippen LogP contribution in [-0.4, -0.2) is 27.6 Å². The lowest BCUT2D eigenvalue weighted by molar-refractivity contribution is -0.140. The molecule has 0 aliphatic heterocycles. The summed E-state index contributed by atoms with van der Waals surface area (Å²) in [5.74, 6) is -0.151. The molecule has 5 nitrogen and oxygen atoms in total. The Morgan fingerprint density at radius 3 is 3.05 bits per heavy atom. The molecule has 5 heteroatoms. The highest BCUT2D eigenvalue weighted by atomic mass is 16.5. The standard InChI is InChI=1S/C14H17N3O2/c1-19-14(18)6-2-3-8-17-10-13(16-11-17)12-5-4-7-15-9-12/h4-5,7,9-11H,2-3,6,8H2,1H3. The summed E-state index contributed by atoms with van der Waals surface area (Å²) in [7, 11) is 1.42. The summed E-state index contributed by atoms with van der Waals surface area (Å²) in [4.78, 5) is 19.4. The van der Waals surface area contributed by atoms with E-state index in [1.807, 2.05) is 22.9 Å². The topological polar surface area (TPSA) is 57.0 Å². The van der Waals surface area contributed by atoms with E-state index in [0.717, 1.165) is 30.6 Å². The lowest BCUT2D eigenvalue weighted by Crippen LogP contribution is -2.01. The predicted octanol–water partition coefficient (Wildman–Crippen LogP) is 2.29. The molecule has 0 unspecified atom stereocenters. The highest BCUT2D eigenvalue weighted by Gasteiger charge is 2.03. The first-order valence-electron chi connectivity index (χ1n) is 6.28. The summed E-state index contributed by atoms with van der Waals surface area (Å²) in [6, 6.07) is 3.88. The van der Waals surface area contributed by atoms with Gasteiger partial charge in [-0.3, -0.25) is 9.78 Å². The number of imidazole rings is 1. The maximum absolute atomic E-state index is 11.0. The van der Waals surface area contributed by atoms with E-state index >= 15 is 0 Å². The third-order valence-corrected chi connectivity index (χ3v) is 2.87. The SMILES string of the molecule is COC(=O)CCCCn1cnc(-c2cccnc2)c1. The maximum Gasteiger partial charge on any atom is 0.305 e. The van der Waals surface area contributed by atoms with Gasteiger partial charge in [-0.1, -0.05) is 0 Å². The van der Waals surface area contributed by atoms with Crippen molar-refractivity contribution in [3.05, 3.63) is 37.1 Å². The Bertz CT molecular complexity index is 522. The molecule has 0 atom stereocenters. The second-order valence-corrected chi connectivity index (χ2v) is 4.27. The highest BCUT2D eigenvalue weighted by molar-refractivity contribution is 5.68. The second-order valence-electron chi connectivity index (χ2n) is 4.27. The van der Waals surface area contributed by atoms with E-state index in [0.29, 0.717) is 6.42 Å². The van der Waals surface area contributed by atoms with Gasteiger partial charge in [-0.25, -0.2) is 4.98 Å². The van der Waals surface area contributed by atoms with Crippen molar-refractivity contribution in [3.8, 4) is 11.3 Å². The van der Waals surface area contributed by atoms with E-state index < -0.39 is 0 Å². The highest BCUT2D eigenvalue weighted by Crippen LogP contribution is 2.15. The molecule has 0 fully saturated rings. The van der Waals surface area contributed by atoms with Crippen molar-refractivity contribution >= 4 is 5.97 Å². The number of hydrogen-bond donors (Lipinski definition) is 0. The lowest BCUT2D eigenvalue weighted by Gasteiger charge is -2.01. The van der Waals surface area contributed by atoms with Gasteiger partial charge < -0.3 is 9.30 Å². The van der Waals surface area contributed by atoms with Crippen molar-refractivity contribution in [3.63, 3.8) is 0 Å². The Kier molecular flexibility index (Phi) is 4.66. The summed E-state index contributed by atoms with van der Waals surface area (Å²) < 4.78 is 6.63. The second kappa shape index (κ2) is 6.68. The van der Waals surface area contributed by atoms with Gasteiger partial charge in [0.05, 0.1) is 19.1 Å². The van der Waals surface area contributed by atoms with Crippen molar-refractivity contribution < 1.29 is 9.53 Å². The fourth-order valence-electron chi connectivity index (χ4n) is 1.81. The van der Waals surface area contributed by atoms with Gasteiger partial charge in [0, 0.05) is 37.1 Å². The quantitative estimate of drug-likeness (QED) is 0.590. The number of aromatic nitrogens is 3. The number of carbonyl (C=O) groups is 1. The van der Waals surface area contributed by atoms with Gasteiger partial charge in [-0.05, 0) is 25.0 Å². The molecule has 2 rings (SSSR count). The first-order valence-corrected chi connectivity index (χ1v) is 6.28. The fraction of sp³-hybridized carbons (Fsp3) is 0.357. The molecule has 0 saturated carbocycles. The molecule has 2 aromatic rings. The molecule has 0 radical (unpaired) electrons. The van der Waals surface area contributed by atoms with Crippen LogP contribution in [0.25, 0.3) is 11.3 Å². The largest absolute Gasteiger partial charge is 0.469 e. The Labute approximate surface area is 112 Å². The van der Waals surface area contributed by atoms with Crippen LogP contribution in [0.1, 0.15) is 19.3 Å². The summed E-state index contributed by atoms with van der Waals surface area (Å²) in [6.07, 6.45) is 9.57. The van der Waals surface area contributed by atoms with Crippen molar-refractivity contribution in [2.24, 2.45) is 0 Å². The molecule has 0 aromatic carbocycles. The first-order chi connectivity index (χ1) is 9.29. The van der Waals surface area contributed by atoms with Crippen LogP contribution in [0.4, 0.5) is 0 Å². The van der Waals surface area contributed by atoms with E-state index in [4.69, 9.17) is 0 Å². The lowest BCUT2D eigenvalue weighted by atomic mass is 10.2. The molecule has 0 bridgehead atoms. The van der Waals surface area contributed by atoms with Crippen LogP contribution in [0.2, 0.25) is 0 Å². The number of nitrogens with zero attached hydrogens (tertiary/aromatic N) is 3. The number of carbonyl (C=O) groups excluding carboxylic acids is 1. The van der Waals surface area contributed by atoms with Crippen molar-refractivity contribution in [1.29, 1.82) is 0 Å². The van der Waals surface area contributed by atoms with Gasteiger partial charge in [-0.15, -0.1) is 0 Å².